The van der Waals surface area contributed by atoms with E-state index in [9.17, 15) is 22.8 Å². The summed E-state index contributed by atoms with van der Waals surface area (Å²) in [6, 6.07) is 9.28. The number of nitrogens with one attached hydrogen (secondary N) is 1. The number of carbonyl (C=O) groups is 1. The van der Waals surface area contributed by atoms with Gasteiger partial charge in [-0.05, 0) is 48.9 Å². The van der Waals surface area contributed by atoms with E-state index in [1.165, 1.54) is 43.5 Å². The Bertz CT molecular complexity index is 1220. The van der Waals surface area contributed by atoms with Gasteiger partial charge >= 0.3 is 0 Å². The summed E-state index contributed by atoms with van der Waals surface area (Å²) in [6.45, 7) is 2.34. The van der Waals surface area contributed by atoms with Crippen molar-refractivity contribution in [3.05, 3.63) is 81.5 Å². The third-order valence-corrected chi connectivity index (χ3v) is 4.75. The number of carbonyl (C=O) groups excluding carboxylic acids is 1. The Balaban J connectivity index is 1.89. The van der Waals surface area contributed by atoms with Crippen LogP contribution in [0.4, 0.5) is 18.9 Å². The van der Waals surface area contributed by atoms with Gasteiger partial charge in [0.2, 0.25) is 0 Å². The monoisotopic (exact) mass is 446 g/mol. The van der Waals surface area contributed by atoms with Crippen LogP contribution in [-0.2, 0) is 5.92 Å². The van der Waals surface area contributed by atoms with Crippen molar-refractivity contribution in [2.24, 2.45) is 0 Å². The van der Waals surface area contributed by atoms with E-state index in [-0.39, 0.29) is 28.4 Å². The molecule has 0 aliphatic rings. The van der Waals surface area contributed by atoms with Crippen molar-refractivity contribution < 1.29 is 22.7 Å². The maximum Gasteiger partial charge on any atom is 0.272 e. The first-order valence-corrected chi connectivity index (χ1v) is 9.53. The van der Waals surface area contributed by atoms with Gasteiger partial charge in [0.05, 0.1) is 13.2 Å². The van der Waals surface area contributed by atoms with Crippen LogP contribution in [0, 0.1) is 5.82 Å². The first-order valence-electron chi connectivity index (χ1n) is 9.53. The van der Waals surface area contributed by atoms with Crippen LogP contribution < -0.4 is 21.3 Å². The molecule has 0 saturated carbocycles. The van der Waals surface area contributed by atoms with Gasteiger partial charge < -0.3 is 15.8 Å². The molecule has 0 fully saturated rings. The molecule has 0 aliphatic heterocycles. The Morgan fingerprint density at radius 2 is 1.91 bits per heavy atom. The van der Waals surface area contributed by atoms with Crippen LogP contribution >= 0.6 is 0 Å². The van der Waals surface area contributed by atoms with Gasteiger partial charge in [0.1, 0.15) is 17.1 Å². The van der Waals surface area contributed by atoms with Crippen LogP contribution in [-0.4, -0.2) is 22.8 Å². The van der Waals surface area contributed by atoms with Crippen LogP contribution in [0.3, 0.4) is 0 Å². The van der Waals surface area contributed by atoms with Crippen molar-refractivity contribution in [1.82, 2.24) is 15.1 Å². The molecule has 1 aromatic heterocycles. The van der Waals surface area contributed by atoms with Gasteiger partial charge in [0.15, 0.2) is 5.82 Å². The summed E-state index contributed by atoms with van der Waals surface area (Å²) in [4.78, 5) is 24.9. The second kappa shape index (κ2) is 8.74. The molecule has 0 unspecified atom stereocenters. The predicted octanol–water partition coefficient (Wildman–Crippen LogP) is 3.57. The van der Waals surface area contributed by atoms with Crippen molar-refractivity contribution in [3.8, 4) is 11.4 Å². The van der Waals surface area contributed by atoms with Crippen LogP contribution in [0.25, 0.3) is 5.69 Å². The Hall–Kier alpha value is -3.82. The molecule has 168 valence electrons. The molecule has 0 aliphatic carbocycles. The number of amides is 1. The van der Waals surface area contributed by atoms with Gasteiger partial charge in [-0.1, -0.05) is 0 Å². The molecule has 3 rings (SSSR count). The minimum absolute atomic E-state index is 0.127. The molecular formula is C22H21F3N4O3. The fraction of sp³-hybridized carbons (Fsp3) is 0.227. The normalized spacial score (nSPS) is 12.3. The average Bonchev–Trinajstić information content (AvgIpc) is 2.73. The van der Waals surface area contributed by atoms with Crippen LogP contribution in [0.1, 0.15) is 41.5 Å². The number of nitrogen functional groups attached to an aromatic ring is 1. The topological polar surface area (TPSA) is 99.2 Å². The van der Waals surface area contributed by atoms with Crippen LogP contribution in [0.5, 0.6) is 5.75 Å². The van der Waals surface area contributed by atoms with E-state index in [1.54, 1.807) is 6.92 Å². The fourth-order valence-corrected chi connectivity index (χ4v) is 3.03. The van der Waals surface area contributed by atoms with E-state index in [0.29, 0.717) is 5.56 Å². The molecule has 2 aromatic carbocycles. The summed E-state index contributed by atoms with van der Waals surface area (Å²) in [7, 11) is 1.37. The minimum atomic E-state index is -3.10. The molecule has 3 aromatic rings. The van der Waals surface area contributed by atoms with Crippen molar-refractivity contribution >= 4 is 11.6 Å². The average molecular weight is 446 g/mol. The molecule has 0 saturated heterocycles. The number of nitrogens with two attached hydrogens (primary N) is 1. The third-order valence-electron chi connectivity index (χ3n) is 4.75. The quantitative estimate of drug-likeness (QED) is 0.564. The highest BCUT2D eigenvalue weighted by Crippen LogP contribution is 2.31. The third kappa shape index (κ3) is 4.90. The fourth-order valence-electron chi connectivity index (χ4n) is 3.03. The highest BCUT2D eigenvalue weighted by Gasteiger charge is 2.26. The number of ether oxygens (including phenoxy) is 1. The number of hydrogen-bond acceptors (Lipinski definition) is 5. The lowest BCUT2D eigenvalue weighted by atomic mass is 10.0. The lowest BCUT2D eigenvalue weighted by molar-refractivity contribution is 0.0174. The highest BCUT2D eigenvalue weighted by molar-refractivity contribution is 5.92. The summed E-state index contributed by atoms with van der Waals surface area (Å²) in [5.41, 5.74) is 4.96. The van der Waals surface area contributed by atoms with Gasteiger partial charge in [-0.3, -0.25) is 9.59 Å². The standard InChI is InChI=1S/C22H21F3N4O3/c1-12(13-8-14(22(2,24)25)10-15(26)9-13)27-21(31)18-5-7-20(30)29(28-18)19-6-4-16(32-3)11-17(19)23/h4-12H,26H2,1-3H3,(H,27,31)/t12-/m1/s1. The maximum absolute atomic E-state index is 14.4. The van der Waals surface area contributed by atoms with Crippen molar-refractivity contribution in [2.75, 3.05) is 12.8 Å². The van der Waals surface area contributed by atoms with Crippen molar-refractivity contribution in [1.29, 1.82) is 0 Å². The van der Waals surface area contributed by atoms with Gasteiger partial charge in [-0.25, -0.2) is 13.2 Å². The van der Waals surface area contributed by atoms with E-state index >= 15 is 0 Å². The van der Waals surface area contributed by atoms with E-state index in [4.69, 9.17) is 10.5 Å². The van der Waals surface area contributed by atoms with E-state index in [1.807, 2.05) is 0 Å². The summed E-state index contributed by atoms with van der Waals surface area (Å²) in [5, 5.41) is 6.56. The number of benzene rings is 2. The van der Waals surface area contributed by atoms with Crippen molar-refractivity contribution in [2.45, 2.75) is 25.8 Å². The number of anilines is 1. The predicted molar refractivity (Wildman–Crippen MR) is 113 cm³/mol. The maximum atomic E-state index is 14.4. The first-order chi connectivity index (χ1) is 15.0. The zero-order valence-electron chi connectivity index (χ0n) is 17.5. The highest BCUT2D eigenvalue weighted by atomic mass is 19.3. The molecule has 0 radical (unpaired) electrons. The number of aromatic nitrogens is 2. The molecule has 1 heterocycles. The van der Waals surface area contributed by atoms with E-state index in [0.717, 1.165) is 23.7 Å². The van der Waals surface area contributed by atoms with E-state index in [2.05, 4.69) is 10.4 Å². The summed E-state index contributed by atoms with van der Waals surface area (Å²) in [6.07, 6.45) is 0. The number of nitrogens with zero attached hydrogens (tertiary/aromatic N) is 2. The Labute approximate surface area is 181 Å². The van der Waals surface area contributed by atoms with Gasteiger partial charge in [-0.2, -0.15) is 9.78 Å². The number of rotatable bonds is 6. The number of hydrogen-bond donors (Lipinski definition) is 2. The Morgan fingerprint density at radius 1 is 1.19 bits per heavy atom. The molecular weight excluding hydrogens is 425 g/mol. The number of methoxy groups -OCH3 is 1. The second-order valence-corrected chi connectivity index (χ2v) is 7.26. The molecule has 10 heteroatoms. The molecule has 1 atom stereocenters. The molecule has 0 spiro atoms. The van der Waals surface area contributed by atoms with Crippen LogP contribution in [0.2, 0.25) is 0 Å². The molecule has 32 heavy (non-hydrogen) atoms. The summed E-state index contributed by atoms with van der Waals surface area (Å²) in [5.74, 6) is -4.31. The number of alkyl halides is 2. The zero-order valence-corrected chi connectivity index (χ0v) is 17.5. The lowest BCUT2D eigenvalue weighted by Crippen LogP contribution is -2.31. The summed E-state index contributed by atoms with van der Waals surface area (Å²) < 4.78 is 47.5. The first kappa shape index (κ1) is 22.9. The van der Waals surface area contributed by atoms with Gasteiger partial charge in [-0.15, -0.1) is 0 Å². The van der Waals surface area contributed by atoms with Crippen molar-refractivity contribution in [3.63, 3.8) is 0 Å². The zero-order chi connectivity index (χ0) is 23.6. The molecule has 0 bridgehead atoms. The number of halogens is 3. The SMILES string of the molecule is COc1ccc(-n2nc(C(=O)N[C@H](C)c3cc(N)cc(C(C)(F)F)c3)ccc2=O)c(F)c1. The Kier molecular flexibility index (Phi) is 6.24. The Morgan fingerprint density at radius 3 is 2.53 bits per heavy atom. The summed E-state index contributed by atoms with van der Waals surface area (Å²) >= 11 is 0. The van der Waals surface area contributed by atoms with Crippen LogP contribution in [0.15, 0.2) is 53.3 Å². The molecule has 3 N–H and O–H groups in total. The molecule has 7 nitrogen and oxygen atoms in total. The van der Waals surface area contributed by atoms with E-state index < -0.39 is 29.2 Å². The second-order valence-electron chi connectivity index (χ2n) is 7.26. The molecule has 1 amide bonds. The van der Waals surface area contributed by atoms with Gasteiger partial charge in [0.25, 0.3) is 17.4 Å². The smallest absolute Gasteiger partial charge is 0.272 e. The lowest BCUT2D eigenvalue weighted by Gasteiger charge is -2.18. The largest absolute Gasteiger partial charge is 0.497 e. The minimum Gasteiger partial charge on any atom is -0.497 e. The van der Waals surface area contributed by atoms with Gasteiger partial charge in [0, 0.05) is 30.3 Å².